The maximum absolute atomic E-state index is 13.2. The fourth-order valence-electron chi connectivity index (χ4n) is 3.92. The third kappa shape index (κ3) is 4.22. The summed E-state index contributed by atoms with van der Waals surface area (Å²) in [5, 5.41) is 8.95. The number of benzene rings is 1. The third-order valence-corrected chi connectivity index (χ3v) is 5.68. The van der Waals surface area contributed by atoms with Gasteiger partial charge in [0.2, 0.25) is 0 Å². The Labute approximate surface area is 176 Å². The van der Waals surface area contributed by atoms with Crippen LogP contribution in [0.25, 0.3) is 11.3 Å². The van der Waals surface area contributed by atoms with Crippen LogP contribution in [0.5, 0.6) is 0 Å². The van der Waals surface area contributed by atoms with E-state index in [1.807, 2.05) is 47.4 Å². The van der Waals surface area contributed by atoms with Crippen LogP contribution in [0.4, 0.5) is 0 Å². The monoisotopic (exact) mass is 397 g/mol. The van der Waals surface area contributed by atoms with Gasteiger partial charge in [0.15, 0.2) is 0 Å². The Balaban J connectivity index is 1.45. The zero-order chi connectivity index (χ0) is 21.0. The second-order valence-corrected chi connectivity index (χ2v) is 7.78. The first-order chi connectivity index (χ1) is 14.6. The summed E-state index contributed by atoms with van der Waals surface area (Å²) in [5.74, 6) is -0.0182. The zero-order valence-corrected chi connectivity index (χ0v) is 16.7. The molecule has 1 aliphatic rings. The molecule has 3 heterocycles. The molecule has 4 rings (SSSR count). The molecule has 1 aromatic carbocycles. The number of nitrogens with two attached hydrogens (primary N) is 1. The highest BCUT2D eigenvalue weighted by molar-refractivity contribution is 5.99. The zero-order valence-electron chi connectivity index (χ0n) is 16.7. The average Bonchev–Trinajstić information content (AvgIpc) is 2.80. The summed E-state index contributed by atoms with van der Waals surface area (Å²) in [6.45, 7) is 1.21. The lowest BCUT2D eigenvalue weighted by molar-refractivity contribution is 0.0671. The van der Waals surface area contributed by atoms with Gasteiger partial charge >= 0.3 is 0 Å². The van der Waals surface area contributed by atoms with E-state index in [4.69, 9.17) is 11.0 Å². The Morgan fingerprint density at radius 3 is 2.43 bits per heavy atom. The molecule has 0 bridgehead atoms. The van der Waals surface area contributed by atoms with Crippen molar-refractivity contribution in [1.29, 1.82) is 5.26 Å². The minimum absolute atomic E-state index is 0.0182. The molecule has 1 fully saturated rings. The predicted octanol–water partition coefficient (Wildman–Crippen LogP) is 3.19. The van der Waals surface area contributed by atoms with Crippen LogP contribution < -0.4 is 5.73 Å². The van der Waals surface area contributed by atoms with Gasteiger partial charge in [0, 0.05) is 42.8 Å². The van der Waals surface area contributed by atoms with Crippen LogP contribution in [0.15, 0.2) is 67.1 Å². The molecule has 0 aliphatic carbocycles. The molecular formula is C24H23N5O. The highest BCUT2D eigenvalue weighted by Gasteiger charge is 2.33. The van der Waals surface area contributed by atoms with Gasteiger partial charge in [-0.1, -0.05) is 12.1 Å². The summed E-state index contributed by atoms with van der Waals surface area (Å²) in [6, 6.07) is 17.0. The van der Waals surface area contributed by atoms with E-state index in [-0.39, 0.29) is 11.4 Å². The van der Waals surface area contributed by atoms with E-state index >= 15 is 0 Å². The summed E-state index contributed by atoms with van der Waals surface area (Å²) in [7, 11) is 0. The predicted molar refractivity (Wildman–Crippen MR) is 114 cm³/mol. The number of hydrogen-bond donors (Lipinski definition) is 1. The van der Waals surface area contributed by atoms with E-state index in [0.29, 0.717) is 29.9 Å². The van der Waals surface area contributed by atoms with Gasteiger partial charge in [-0.25, -0.2) is 0 Å². The van der Waals surface area contributed by atoms with Crippen molar-refractivity contribution >= 4 is 5.91 Å². The molecule has 150 valence electrons. The molecule has 6 nitrogen and oxygen atoms in total. The number of carbonyl (C=O) groups is 1. The van der Waals surface area contributed by atoms with Crippen molar-refractivity contribution < 1.29 is 4.79 Å². The van der Waals surface area contributed by atoms with Crippen molar-refractivity contribution in [1.82, 2.24) is 14.9 Å². The molecule has 0 unspecified atom stereocenters. The average molecular weight is 397 g/mol. The van der Waals surface area contributed by atoms with Gasteiger partial charge in [0.25, 0.3) is 5.91 Å². The number of nitrogens with zero attached hydrogens (tertiary/aromatic N) is 4. The Bertz CT molecular complexity index is 1060. The van der Waals surface area contributed by atoms with Crippen molar-refractivity contribution in [3.8, 4) is 17.3 Å². The molecule has 3 aromatic rings. The van der Waals surface area contributed by atoms with Crippen LogP contribution in [0, 0.1) is 11.3 Å². The number of likely N-dealkylation sites (tertiary alicyclic amines) is 1. The van der Waals surface area contributed by atoms with Crippen LogP contribution in [-0.4, -0.2) is 39.4 Å². The van der Waals surface area contributed by atoms with Crippen molar-refractivity contribution in [3.05, 3.63) is 83.8 Å². The molecule has 6 heteroatoms. The summed E-state index contributed by atoms with van der Waals surface area (Å²) in [6.07, 6.45) is 7.28. The molecular weight excluding hydrogens is 374 g/mol. The number of carbonyl (C=O) groups excluding carboxylic acids is 1. The van der Waals surface area contributed by atoms with Crippen molar-refractivity contribution in [3.63, 3.8) is 0 Å². The lowest BCUT2D eigenvalue weighted by Gasteiger charge is -2.39. The van der Waals surface area contributed by atoms with Gasteiger partial charge in [-0.15, -0.1) is 0 Å². The molecule has 2 N–H and O–H groups in total. The fourth-order valence-corrected chi connectivity index (χ4v) is 3.92. The molecule has 0 saturated carbocycles. The summed E-state index contributed by atoms with van der Waals surface area (Å²) in [5.41, 5.74) is 10.2. The van der Waals surface area contributed by atoms with Crippen LogP contribution in [0.3, 0.4) is 0 Å². The number of amides is 1. The molecule has 0 spiro atoms. The van der Waals surface area contributed by atoms with E-state index in [0.717, 1.165) is 30.4 Å². The molecule has 1 aliphatic heterocycles. The van der Waals surface area contributed by atoms with Gasteiger partial charge < -0.3 is 10.6 Å². The summed E-state index contributed by atoms with van der Waals surface area (Å²) < 4.78 is 0. The van der Waals surface area contributed by atoms with Crippen LogP contribution >= 0.6 is 0 Å². The standard InChI is InChI=1S/C24H23N5O/c25-17-19-5-3-18(4-6-19)16-24(26)9-14-29(15-10-24)23(30)21-2-1-11-28-22(21)20-7-12-27-13-8-20/h1-8,11-13H,9-10,14-16,26H2. The van der Waals surface area contributed by atoms with Gasteiger partial charge in [0.05, 0.1) is 22.9 Å². The van der Waals surface area contributed by atoms with E-state index < -0.39 is 0 Å². The molecule has 2 aromatic heterocycles. The van der Waals surface area contributed by atoms with E-state index in [2.05, 4.69) is 16.0 Å². The number of nitriles is 1. The first-order valence-corrected chi connectivity index (χ1v) is 10.0. The number of piperidine rings is 1. The van der Waals surface area contributed by atoms with E-state index in [1.165, 1.54) is 0 Å². The highest BCUT2D eigenvalue weighted by atomic mass is 16.2. The van der Waals surface area contributed by atoms with Gasteiger partial charge in [-0.3, -0.25) is 14.8 Å². The maximum atomic E-state index is 13.2. The van der Waals surface area contributed by atoms with Crippen LogP contribution in [-0.2, 0) is 6.42 Å². The van der Waals surface area contributed by atoms with Crippen LogP contribution in [0.1, 0.15) is 34.3 Å². The topological polar surface area (TPSA) is 95.9 Å². The second kappa shape index (κ2) is 8.44. The Morgan fingerprint density at radius 1 is 1.07 bits per heavy atom. The smallest absolute Gasteiger partial charge is 0.256 e. The second-order valence-electron chi connectivity index (χ2n) is 7.78. The fraction of sp³-hybridized carbons (Fsp3) is 0.250. The highest BCUT2D eigenvalue weighted by Crippen LogP contribution is 2.27. The number of aromatic nitrogens is 2. The lowest BCUT2D eigenvalue weighted by atomic mass is 9.82. The Kier molecular flexibility index (Phi) is 5.55. The van der Waals surface area contributed by atoms with Gasteiger partial charge in [0.1, 0.15) is 0 Å². The number of pyridine rings is 2. The van der Waals surface area contributed by atoms with Gasteiger partial charge in [-0.05, 0) is 61.2 Å². The summed E-state index contributed by atoms with van der Waals surface area (Å²) in [4.78, 5) is 23.6. The lowest BCUT2D eigenvalue weighted by Crippen LogP contribution is -2.53. The SMILES string of the molecule is N#Cc1ccc(CC2(N)CCN(C(=O)c3cccnc3-c3ccncc3)CC2)cc1. The van der Waals surface area contributed by atoms with Gasteiger partial charge in [-0.2, -0.15) is 5.26 Å². The molecule has 1 amide bonds. The van der Waals surface area contributed by atoms with Crippen molar-refractivity contribution in [2.24, 2.45) is 5.73 Å². The van der Waals surface area contributed by atoms with Crippen molar-refractivity contribution in [2.75, 3.05) is 13.1 Å². The third-order valence-electron chi connectivity index (χ3n) is 5.68. The number of rotatable bonds is 4. The van der Waals surface area contributed by atoms with E-state index in [9.17, 15) is 4.79 Å². The Morgan fingerprint density at radius 2 is 1.77 bits per heavy atom. The van der Waals surface area contributed by atoms with Crippen LogP contribution in [0.2, 0.25) is 0 Å². The maximum Gasteiger partial charge on any atom is 0.256 e. The summed E-state index contributed by atoms with van der Waals surface area (Å²) >= 11 is 0. The first kappa shape index (κ1) is 19.7. The van der Waals surface area contributed by atoms with E-state index in [1.54, 1.807) is 24.7 Å². The molecule has 0 radical (unpaired) electrons. The normalized spacial score (nSPS) is 15.4. The van der Waals surface area contributed by atoms with Crippen molar-refractivity contribution in [2.45, 2.75) is 24.8 Å². The quantitative estimate of drug-likeness (QED) is 0.729. The minimum atomic E-state index is -0.353. The first-order valence-electron chi connectivity index (χ1n) is 10.0. The molecule has 1 saturated heterocycles. The Hall–Kier alpha value is -3.56. The number of hydrogen-bond acceptors (Lipinski definition) is 5. The molecule has 0 atom stereocenters. The largest absolute Gasteiger partial charge is 0.338 e. The molecule has 30 heavy (non-hydrogen) atoms. The minimum Gasteiger partial charge on any atom is -0.338 e.